The molecule has 94 valence electrons. The van der Waals surface area contributed by atoms with Gasteiger partial charge in [-0.3, -0.25) is 4.79 Å². The molecule has 0 radical (unpaired) electrons. The normalized spacial score (nSPS) is 19.4. The number of hydrogen-bond acceptors (Lipinski definition) is 2. The van der Waals surface area contributed by atoms with Crippen LogP contribution in [0, 0.1) is 11.8 Å². The summed E-state index contributed by atoms with van der Waals surface area (Å²) in [5.74, 6) is 1.55. The molecule has 1 fully saturated rings. The summed E-state index contributed by atoms with van der Waals surface area (Å²) in [6.07, 6.45) is 5.45. The number of hydrogen-bond donors (Lipinski definition) is 2. The van der Waals surface area contributed by atoms with Gasteiger partial charge in [0.05, 0.1) is 0 Å². The maximum absolute atomic E-state index is 11.5. The summed E-state index contributed by atoms with van der Waals surface area (Å²) in [6.45, 7) is 7.41. The van der Waals surface area contributed by atoms with Gasteiger partial charge >= 0.3 is 0 Å². The van der Waals surface area contributed by atoms with Crippen molar-refractivity contribution in [1.82, 2.24) is 10.6 Å². The van der Waals surface area contributed by atoms with E-state index < -0.39 is 0 Å². The van der Waals surface area contributed by atoms with Crippen LogP contribution in [-0.2, 0) is 4.79 Å². The number of nitrogens with one attached hydrogen (secondary N) is 2. The third-order valence-corrected chi connectivity index (χ3v) is 3.56. The predicted molar refractivity (Wildman–Crippen MR) is 67.3 cm³/mol. The van der Waals surface area contributed by atoms with Crippen molar-refractivity contribution in [2.75, 3.05) is 19.6 Å². The van der Waals surface area contributed by atoms with Crippen molar-refractivity contribution in [2.45, 2.75) is 46.0 Å². The number of rotatable bonds is 6. The Bertz CT molecular complexity index is 200. The molecule has 0 spiro atoms. The maximum Gasteiger partial charge on any atom is 0.220 e. The van der Waals surface area contributed by atoms with E-state index in [2.05, 4.69) is 24.5 Å². The molecule has 1 heterocycles. The summed E-state index contributed by atoms with van der Waals surface area (Å²) in [5, 5.41) is 6.40. The zero-order valence-electron chi connectivity index (χ0n) is 10.7. The van der Waals surface area contributed by atoms with Crippen LogP contribution in [0.5, 0.6) is 0 Å². The van der Waals surface area contributed by atoms with Gasteiger partial charge in [0.25, 0.3) is 0 Å². The van der Waals surface area contributed by atoms with Gasteiger partial charge in [-0.25, -0.2) is 0 Å². The van der Waals surface area contributed by atoms with E-state index in [1.54, 1.807) is 0 Å². The Morgan fingerprint density at radius 3 is 2.75 bits per heavy atom. The van der Waals surface area contributed by atoms with Crippen molar-refractivity contribution in [1.29, 1.82) is 0 Å². The van der Waals surface area contributed by atoms with Gasteiger partial charge in [0.1, 0.15) is 0 Å². The lowest BCUT2D eigenvalue weighted by Crippen LogP contribution is -2.31. The Morgan fingerprint density at radius 1 is 1.44 bits per heavy atom. The van der Waals surface area contributed by atoms with Crippen molar-refractivity contribution in [3.8, 4) is 0 Å². The van der Waals surface area contributed by atoms with Gasteiger partial charge in [0.15, 0.2) is 0 Å². The van der Waals surface area contributed by atoms with Gasteiger partial charge in [0.2, 0.25) is 5.91 Å². The molecule has 0 aromatic carbocycles. The molecule has 1 rings (SSSR count). The van der Waals surface area contributed by atoms with Crippen molar-refractivity contribution < 1.29 is 4.79 Å². The number of carbonyl (C=O) groups excluding carboxylic acids is 1. The van der Waals surface area contributed by atoms with Crippen LogP contribution in [0.2, 0.25) is 0 Å². The van der Waals surface area contributed by atoms with E-state index in [-0.39, 0.29) is 5.91 Å². The molecule has 2 N–H and O–H groups in total. The fourth-order valence-electron chi connectivity index (χ4n) is 2.12. The summed E-state index contributed by atoms with van der Waals surface area (Å²) in [6, 6.07) is 0. The Labute approximate surface area is 99.4 Å². The van der Waals surface area contributed by atoms with E-state index in [1.807, 2.05) is 0 Å². The molecule has 0 aliphatic carbocycles. The molecule has 1 aliphatic rings. The quantitative estimate of drug-likeness (QED) is 0.726. The molecule has 0 bridgehead atoms. The molecule has 0 aromatic heterocycles. The van der Waals surface area contributed by atoms with Gasteiger partial charge < -0.3 is 10.6 Å². The van der Waals surface area contributed by atoms with Crippen molar-refractivity contribution in [3.63, 3.8) is 0 Å². The van der Waals surface area contributed by atoms with Crippen LogP contribution >= 0.6 is 0 Å². The summed E-state index contributed by atoms with van der Waals surface area (Å²) in [5.41, 5.74) is 0. The van der Waals surface area contributed by atoms with Crippen molar-refractivity contribution in [2.24, 2.45) is 11.8 Å². The van der Waals surface area contributed by atoms with Gasteiger partial charge in [-0.2, -0.15) is 0 Å². The smallest absolute Gasteiger partial charge is 0.220 e. The van der Waals surface area contributed by atoms with Crippen molar-refractivity contribution in [3.05, 3.63) is 0 Å². The largest absolute Gasteiger partial charge is 0.356 e. The molecular weight excluding hydrogens is 200 g/mol. The molecule has 1 unspecified atom stereocenters. The summed E-state index contributed by atoms with van der Waals surface area (Å²) in [7, 11) is 0. The van der Waals surface area contributed by atoms with Crippen LogP contribution < -0.4 is 10.6 Å². The van der Waals surface area contributed by atoms with Crippen LogP contribution in [0.3, 0.4) is 0 Å². The van der Waals surface area contributed by atoms with Crippen LogP contribution in [0.4, 0.5) is 0 Å². The van der Waals surface area contributed by atoms with Crippen LogP contribution in [0.1, 0.15) is 46.0 Å². The Balaban J connectivity index is 2.03. The van der Waals surface area contributed by atoms with E-state index in [0.29, 0.717) is 12.3 Å². The van der Waals surface area contributed by atoms with Crippen molar-refractivity contribution >= 4 is 5.91 Å². The molecule has 16 heavy (non-hydrogen) atoms. The summed E-state index contributed by atoms with van der Waals surface area (Å²) < 4.78 is 0. The van der Waals surface area contributed by atoms with Crippen LogP contribution in [0.15, 0.2) is 0 Å². The van der Waals surface area contributed by atoms with Gasteiger partial charge in [-0.15, -0.1) is 0 Å². The highest BCUT2D eigenvalue weighted by atomic mass is 16.1. The first kappa shape index (κ1) is 13.5. The van der Waals surface area contributed by atoms with E-state index in [4.69, 9.17) is 0 Å². The predicted octanol–water partition coefficient (Wildman–Crippen LogP) is 1.93. The fourth-order valence-corrected chi connectivity index (χ4v) is 2.12. The summed E-state index contributed by atoms with van der Waals surface area (Å²) >= 11 is 0. The number of carbonyl (C=O) groups is 1. The standard InChI is InChI=1S/C13H26N2O/c1-3-11(2)10-13(16)15-9-6-12-4-7-14-8-5-12/h11-12,14H,3-10H2,1-2H3,(H,15,16). The second kappa shape index (κ2) is 7.66. The molecular formula is C13H26N2O. The highest BCUT2D eigenvalue weighted by molar-refractivity contribution is 5.76. The van der Waals surface area contributed by atoms with Crippen LogP contribution in [0.25, 0.3) is 0 Å². The van der Waals surface area contributed by atoms with E-state index in [1.165, 1.54) is 12.8 Å². The lowest BCUT2D eigenvalue weighted by Gasteiger charge is -2.22. The fraction of sp³-hybridized carbons (Fsp3) is 0.923. The lowest BCUT2D eigenvalue weighted by molar-refractivity contribution is -0.121. The van der Waals surface area contributed by atoms with E-state index in [9.17, 15) is 4.79 Å². The van der Waals surface area contributed by atoms with Gasteiger partial charge in [0, 0.05) is 13.0 Å². The van der Waals surface area contributed by atoms with Crippen LogP contribution in [-0.4, -0.2) is 25.5 Å². The third-order valence-electron chi connectivity index (χ3n) is 3.56. The number of amides is 1. The molecule has 1 aliphatic heterocycles. The first-order chi connectivity index (χ1) is 7.72. The first-order valence-electron chi connectivity index (χ1n) is 6.69. The monoisotopic (exact) mass is 226 g/mol. The SMILES string of the molecule is CCC(C)CC(=O)NCCC1CCNCC1. The average molecular weight is 226 g/mol. The molecule has 3 nitrogen and oxygen atoms in total. The minimum Gasteiger partial charge on any atom is -0.356 e. The number of piperidine rings is 1. The minimum atomic E-state index is 0.225. The highest BCUT2D eigenvalue weighted by Crippen LogP contribution is 2.14. The van der Waals surface area contributed by atoms with E-state index in [0.717, 1.165) is 38.4 Å². The molecule has 1 amide bonds. The highest BCUT2D eigenvalue weighted by Gasteiger charge is 2.13. The third kappa shape index (κ3) is 5.50. The second-order valence-corrected chi connectivity index (χ2v) is 5.05. The first-order valence-corrected chi connectivity index (χ1v) is 6.69. The van der Waals surface area contributed by atoms with Gasteiger partial charge in [-0.05, 0) is 44.2 Å². The minimum absolute atomic E-state index is 0.225. The Kier molecular flexibility index (Phi) is 6.46. The molecule has 0 aromatic rings. The summed E-state index contributed by atoms with van der Waals surface area (Å²) in [4.78, 5) is 11.5. The lowest BCUT2D eigenvalue weighted by atomic mass is 9.95. The molecule has 1 atom stereocenters. The average Bonchev–Trinajstić information content (AvgIpc) is 2.30. The Morgan fingerprint density at radius 2 is 2.12 bits per heavy atom. The Hall–Kier alpha value is -0.570. The van der Waals surface area contributed by atoms with E-state index >= 15 is 0 Å². The topological polar surface area (TPSA) is 41.1 Å². The molecule has 3 heteroatoms. The molecule has 0 saturated carbocycles. The maximum atomic E-state index is 11.5. The molecule has 1 saturated heterocycles. The second-order valence-electron chi connectivity index (χ2n) is 5.05. The zero-order chi connectivity index (χ0) is 11.8. The van der Waals surface area contributed by atoms with Gasteiger partial charge in [-0.1, -0.05) is 20.3 Å². The zero-order valence-corrected chi connectivity index (χ0v) is 10.7.